The smallest absolute Gasteiger partial charge is 0.336 e. The van der Waals surface area contributed by atoms with Crippen LogP contribution in [0.5, 0.6) is 0 Å². The molecule has 1 heterocycles. The van der Waals surface area contributed by atoms with Crippen molar-refractivity contribution < 1.29 is 14.6 Å². The molecule has 0 aliphatic heterocycles. The predicted molar refractivity (Wildman–Crippen MR) is 109 cm³/mol. The minimum Gasteiger partial charge on any atom is -0.478 e. The largest absolute Gasteiger partial charge is 0.478 e. The fourth-order valence-electron chi connectivity index (χ4n) is 3.23. The number of hydrogen-bond donors (Lipinski definition) is 1. The van der Waals surface area contributed by atoms with Crippen molar-refractivity contribution >= 4 is 5.97 Å². The number of rotatable bonds is 9. The number of carboxylic acid groups (broad SMARTS) is 1. The Hall–Kier alpha value is -3.18. The number of aromatic carboxylic acids is 1. The van der Waals surface area contributed by atoms with Crippen LogP contribution >= 0.6 is 0 Å². The van der Waals surface area contributed by atoms with Crippen molar-refractivity contribution in [1.29, 1.82) is 0 Å². The molecule has 0 aliphatic carbocycles. The van der Waals surface area contributed by atoms with E-state index in [9.17, 15) is 9.90 Å². The summed E-state index contributed by atoms with van der Waals surface area (Å²) in [5.74, 6) is -0.937. The number of hydrogen-bond acceptors (Lipinski definition) is 3. The van der Waals surface area contributed by atoms with Crippen LogP contribution in [0, 0.1) is 0 Å². The van der Waals surface area contributed by atoms with Gasteiger partial charge in [-0.05, 0) is 41.7 Å². The van der Waals surface area contributed by atoms with Crippen molar-refractivity contribution in [1.82, 2.24) is 9.78 Å². The minimum absolute atomic E-state index is 0.292. The maximum atomic E-state index is 11.8. The van der Waals surface area contributed by atoms with Gasteiger partial charge in [-0.1, -0.05) is 48.5 Å². The Bertz CT molecular complexity index is 961. The van der Waals surface area contributed by atoms with Gasteiger partial charge in [-0.3, -0.25) is 4.68 Å². The van der Waals surface area contributed by atoms with Gasteiger partial charge in [0.15, 0.2) is 0 Å². The van der Waals surface area contributed by atoms with Gasteiger partial charge in [0.25, 0.3) is 0 Å². The van der Waals surface area contributed by atoms with Gasteiger partial charge in [0.2, 0.25) is 0 Å². The molecule has 0 aliphatic rings. The van der Waals surface area contributed by atoms with E-state index >= 15 is 0 Å². The zero-order valence-electron chi connectivity index (χ0n) is 16.0. The molecule has 2 aromatic carbocycles. The van der Waals surface area contributed by atoms with Gasteiger partial charge in [0, 0.05) is 12.8 Å². The van der Waals surface area contributed by atoms with Gasteiger partial charge in [-0.2, -0.15) is 5.10 Å². The number of methoxy groups -OCH3 is 1. The summed E-state index contributed by atoms with van der Waals surface area (Å²) in [6.45, 7) is 4.73. The molecule has 144 valence electrons. The first-order chi connectivity index (χ1) is 13.6. The normalized spacial score (nSPS) is 10.8. The molecule has 1 N–H and O–H groups in total. The van der Waals surface area contributed by atoms with Gasteiger partial charge in [0.05, 0.1) is 24.4 Å². The third-order valence-corrected chi connectivity index (χ3v) is 4.54. The first-order valence-electron chi connectivity index (χ1n) is 9.19. The lowest BCUT2D eigenvalue weighted by molar-refractivity contribution is 0.0697. The van der Waals surface area contributed by atoms with Crippen LogP contribution < -0.4 is 0 Å². The Labute approximate surface area is 164 Å². The molecular formula is C23H24N2O3. The molecule has 5 nitrogen and oxygen atoms in total. The second-order valence-electron chi connectivity index (χ2n) is 6.60. The molecule has 0 atom stereocenters. The summed E-state index contributed by atoms with van der Waals surface area (Å²) in [5, 5.41) is 14.3. The zero-order valence-corrected chi connectivity index (χ0v) is 16.0. The Kier molecular flexibility index (Phi) is 6.40. The van der Waals surface area contributed by atoms with E-state index in [0.717, 1.165) is 35.4 Å². The SMILES string of the molecule is C=CCCc1cc(COC)nn1Cc1ccc(-c2ccccc2)c(C(=O)O)c1. The van der Waals surface area contributed by atoms with E-state index in [1.807, 2.05) is 59.3 Å². The summed E-state index contributed by atoms with van der Waals surface area (Å²) in [7, 11) is 1.64. The summed E-state index contributed by atoms with van der Waals surface area (Å²) in [6.07, 6.45) is 3.56. The molecule has 0 bridgehead atoms. The van der Waals surface area contributed by atoms with Crippen LogP contribution in [-0.4, -0.2) is 28.0 Å². The van der Waals surface area contributed by atoms with E-state index in [2.05, 4.69) is 11.7 Å². The summed E-state index contributed by atoms with van der Waals surface area (Å²) in [4.78, 5) is 11.8. The highest BCUT2D eigenvalue weighted by Crippen LogP contribution is 2.25. The fourth-order valence-corrected chi connectivity index (χ4v) is 3.23. The van der Waals surface area contributed by atoms with Crippen molar-refractivity contribution in [2.45, 2.75) is 26.0 Å². The van der Waals surface area contributed by atoms with E-state index in [1.54, 1.807) is 13.2 Å². The van der Waals surface area contributed by atoms with E-state index in [4.69, 9.17) is 4.74 Å². The van der Waals surface area contributed by atoms with Crippen LogP contribution in [0.3, 0.4) is 0 Å². The van der Waals surface area contributed by atoms with Crippen molar-refractivity contribution in [3.8, 4) is 11.1 Å². The summed E-state index contributed by atoms with van der Waals surface area (Å²) in [6, 6.07) is 17.2. The zero-order chi connectivity index (χ0) is 19.9. The second-order valence-corrected chi connectivity index (χ2v) is 6.60. The Morgan fingerprint density at radius 3 is 2.68 bits per heavy atom. The van der Waals surface area contributed by atoms with Crippen LogP contribution in [0.1, 0.15) is 33.7 Å². The van der Waals surface area contributed by atoms with Crippen molar-refractivity contribution in [2.24, 2.45) is 0 Å². The number of nitrogens with zero attached hydrogens (tertiary/aromatic N) is 2. The van der Waals surface area contributed by atoms with Gasteiger partial charge in [0.1, 0.15) is 0 Å². The van der Waals surface area contributed by atoms with Crippen LogP contribution in [0.4, 0.5) is 0 Å². The van der Waals surface area contributed by atoms with Crippen LogP contribution in [0.25, 0.3) is 11.1 Å². The highest BCUT2D eigenvalue weighted by Gasteiger charge is 2.14. The molecule has 0 amide bonds. The van der Waals surface area contributed by atoms with Crippen LogP contribution in [0.2, 0.25) is 0 Å². The maximum Gasteiger partial charge on any atom is 0.336 e. The Morgan fingerprint density at radius 2 is 2.00 bits per heavy atom. The predicted octanol–water partition coefficient (Wildman–Crippen LogP) is 4.56. The molecule has 3 aromatic rings. The molecular weight excluding hydrogens is 352 g/mol. The molecule has 0 spiro atoms. The van der Waals surface area contributed by atoms with E-state index in [-0.39, 0.29) is 0 Å². The monoisotopic (exact) mass is 376 g/mol. The van der Waals surface area contributed by atoms with Gasteiger partial charge in [-0.15, -0.1) is 6.58 Å². The minimum atomic E-state index is -0.937. The van der Waals surface area contributed by atoms with Crippen LogP contribution in [0.15, 0.2) is 67.3 Å². The molecule has 3 rings (SSSR count). The molecule has 0 radical (unpaired) electrons. The standard InChI is InChI=1S/C23H24N2O3/c1-3-4-10-20-14-19(16-28-2)24-25(20)15-17-11-12-21(22(13-17)23(26)27)18-8-6-5-7-9-18/h3,5-9,11-14H,1,4,10,15-16H2,2H3,(H,26,27). The second kappa shape index (κ2) is 9.15. The van der Waals surface area contributed by atoms with E-state index in [1.165, 1.54) is 0 Å². The first-order valence-corrected chi connectivity index (χ1v) is 9.19. The molecule has 1 aromatic heterocycles. The fraction of sp³-hybridized carbons (Fsp3) is 0.217. The van der Waals surface area contributed by atoms with E-state index in [0.29, 0.717) is 24.3 Å². The van der Waals surface area contributed by atoms with Crippen LogP contribution in [-0.2, 0) is 24.3 Å². The van der Waals surface area contributed by atoms with Crippen molar-refractivity contribution in [3.05, 3.63) is 89.8 Å². The van der Waals surface area contributed by atoms with E-state index < -0.39 is 5.97 Å². The topological polar surface area (TPSA) is 64.4 Å². The summed E-state index contributed by atoms with van der Waals surface area (Å²) >= 11 is 0. The lowest BCUT2D eigenvalue weighted by atomic mass is 9.97. The molecule has 0 saturated carbocycles. The number of carbonyl (C=O) groups is 1. The summed E-state index contributed by atoms with van der Waals surface area (Å²) in [5.41, 5.74) is 4.73. The van der Waals surface area contributed by atoms with Crippen molar-refractivity contribution in [2.75, 3.05) is 7.11 Å². The number of aryl methyl sites for hydroxylation is 1. The van der Waals surface area contributed by atoms with Gasteiger partial charge >= 0.3 is 5.97 Å². The lowest BCUT2D eigenvalue weighted by Crippen LogP contribution is -2.08. The number of allylic oxidation sites excluding steroid dienone is 1. The van der Waals surface area contributed by atoms with Gasteiger partial charge < -0.3 is 9.84 Å². The number of carboxylic acids is 1. The highest BCUT2D eigenvalue weighted by atomic mass is 16.5. The quantitative estimate of drug-likeness (QED) is 0.556. The lowest BCUT2D eigenvalue weighted by Gasteiger charge is -2.11. The third-order valence-electron chi connectivity index (χ3n) is 4.54. The highest BCUT2D eigenvalue weighted by molar-refractivity contribution is 5.96. The number of ether oxygens (including phenoxy) is 1. The molecule has 0 unspecified atom stereocenters. The van der Waals surface area contributed by atoms with Crippen molar-refractivity contribution in [3.63, 3.8) is 0 Å². The Balaban J connectivity index is 1.93. The first kappa shape index (κ1) is 19.6. The number of benzene rings is 2. The molecule has 0 saturated heterocycles. The molecule has 28 heavy (non-hydrogen) atoms. The summed E-state index contributed by atoms with van der Waals surface area (Å²) < 4.78 is 7.11. The maximum absolute atomic E-state index is 11.8. The molecule has 5 heteroatoms. The van der Waals surface area contributed by atoms with Gasteiger partial charge in [-0.25, -0.2) is 4.79 Å². The Morgan fingerprint density at radius 1 is 1.21 bits per heavy atom. The third kappa shape index (κ3) is 4.56. The average molecular weight is 376 g/mol. The molecule has 0 fully saturated rings. The average Bonchev–Trinajstić information content (AvgIpc) is 3.08. The number of aromatic nitrogens is 2.